The van der Waals surface area contributed by atoms with Crippen LogP contribution in [0.2, 0.25) is 0 Å². The number of hydrogen-bond acceptors (Lipinski definition) is 4. The van der Waals surface area contributed by atoms with Crippen molar-refractivity contribution >= 4 is 5.78 Å². The highest BCUT2D eigenvalue weighted by Gasteiger charge is 2.36. The Hall–Kier alpha value is -2.84. The minimum absolute atomic E-state index is 0.00167. The standard InChI is InChI=1S/C17H16F4N2O3/c1-3-25-16(17(19,20)21)10-26-14-4-5-15(18)12(6-14)8-23-9-13(7-22-23)11(2)24/h4-7,9-10H,3,8H2,1-2H3/b16-10-. The molecule has 0 radical (unpaired) electrons. The van der Waals surface area contributed by atoms with Crippen LogP contribution in [0.1, 0.15) is 29.8 Å². The van der Waals surface area contributed by atoms with Gasteiger partial charge in [-0.2, -0.15) is 18.3 Å². The Bertz CT molecular complexity index is 813. The highest BCUT2D eigenvalue weighted by atomic mass is 19.4. The van der Waals surface area contributed by atoms with Crippen molar-refractivity contribution in [2.24, 2.45) is 0 Å². The lowest BCUT2D eigenvalue weighted by Crippen LogP contribution is -2.15. The topological polar surface area (TPSA) is 53.4 Å². The number of Topliss-reactive ketones (excluding diaryl/α,β-unsaturated/α-hetero) is 1. The number of halogens is 4. The Labute approximate surface area is 146 Å². The summed E-state index contributed by atoms with van der Waals surface area (Å²) in [7, 11) is 0. The molecule has 1 heterocycles. The first-order valence-electron chi connectivity index (χ1n) is 7.59. The zero-order chi connectivity index (χ0) is 19.3. The van der Waals surface area contributed by atoms with Crippen LogP contribution in [0.3, 0.4) is 0 Å². The van der Waals surface area contributed by atoms with Gasteiger partial charge in [0, 0.05) is 11.8 Å². The first kappa shape index (κ1) is 19.5. The number of ether oxygens (including phenoxy) is 2. The van der Waals surface area contributed by atoms with E-state index in [1.807, 2.05) is 0 Å². The van der Waals surface area contributed by atoms with Crippen LogP contribution >= 0.6 is 0 Å². The van der Waals surface area contributed by atoms with Crippen molar-refractivity contribution in [2.75, 3.05) is 6.61 Å². The molecule has 0 aliphatic heterocycles. The Balaban J connectivity index is 2.19. The van der Waals surface area contributed by atoms with E-state index in [4.69, 9.17) is 4.74 Å². The van der Waals surface area contributed by atoms with Crippen molar-refractivity contribution in [1.29, 1.82) is 0 Å². The third-order valence-corrected chi connectivity index (χ3v) is 3.27. The van der Waals surface area contributed by atoms with Crippen LogP contribution in [0.5, 0.6) is 5.75 Å². The van der Waals surface area contributed by atoms with Gasteiger partial charge in [-0.3, -0.25) is 9.48 Å². The summed E-state index contributed by atoms with van der Waals surface area (Å²) in [6.45, 7) is 2.59. The molecule has 2 aromatic rings. The Morgan fingerprint density at radius 2 is 2.08 bits per heavy atom. The van der Waals surface area contributed by atoms with Gasteiger partial charge in [0.1, 0.15) is 17.8 Å². The van der Waals surface area contributed by atoms with Crippen LogP contribution in [0, 0.1) is 5.82 Å². The predicted octanol–water partition coefficient (Wildman–Crippen LogP) is 4.09. The van der Waals surface area contributed by atoms with Crippen LogP contribution in [0.4, 0.5) is 17.6 Å². The number of hydrogen-bond donors (Lipinski definition) is 0. The normalized spacial score (nSPS) is 12.2. The second kappa shape index (κ2) is 8.03. The van der Waals surface area contributed by atoms with Gasteiger partial charge in [0.15, 0.2) is 5.78 Å². The summed E-state index contributed by atoms with van der Waals surface area (Å²) in [6, 6.07) is 3.52. The lowest BCUT2D eigenvalue weighted by molar-refractivity contribution is -0.132. The second-order valence-corrected chi connectivity index (χ2v) is 5.27. The molecule has 2 rings (SSSR count). The molecule has 5 nitrogen and oxygen atoms in total. The van der Waals surface area contributed by atoms with E-state index in [1.54, 1.807) is 0 Å². The summed E-state index contributed by atoms with van der Waals surface area (Å²) in [5.74, 6) is -2.05. The number of ketones is 1. The summed E-state index contributed by atoms with van der Waals surface area (Å²) in [4.78, 5) is 11.3. The molecule has 0 atom stereocenters. The number of carbonyl (C=O) groups is 1. The van der Waals surface area contributed by atoms with E-state index in [9.17, 15) is 22.4 Å². The molecule has 0 saturated carbocycles. The number of carbonyl (C=O) groups excluding carboxylic acids is 1. The number of rotatable bonds is 7. The van der Waals surface area contributed by atoms with Gasteiger partial charge in [0.2, 0.25) is 5.76 Å². The number of benzene rings is 1. The predicted molar refractivity (Wildman–Crippen MR) is 84.1 cm³/mol. The van der Waals surface area contributed by atoms with Crippen molar-refractivity contribution in [2.45, 2.75) is 26.6 Å². The Morgan fingerprint density at radius 3 is 2.65 bits per heavy atom. The summed E-state index contributed by atoms with van der Waals surface area (Å²) < 4.78 is 63.0. The van der Waals surface area contributed by atoms with Crippen LogP contribution in [0.25, 0.3) is 0 Å². The van der Waals surface area contributed by atoms with Gasteiger partial charge in [-0.05, 0) is 32.0 Å². The van der Waals surface area contributed by atoms with Gasteiger partial charge in [-0.1, -0.05) is 0 Å². The molecule has 0 N–H and O–H groups in total. The van der Waals surface area contributed by atoms with Crippen molar-refractivity contribution in [3.63, 3.8) is 0 Å². The molecule has 0 aliphatic rings. The molecule has 1 aromatic carbocycles. The van der Waals surface area contributed by atoms with E-state index in [2.05, 4.69) is 9.84 Å². The maximum absolute atomic E-state index is 13.9. The number of allylic oxidation sites excluding steroid dienone is 1. The van der Waals surface area contributed by atoms with E-state index in [0.717, 1.165) is 6.07 Å². The molecular formula is C17H16F4N2O3. The fourth-order valence-corrected chi connectivity index (χ4v) is 2.01. The van der Waals surface area contributed by atoms with Gasteiger partial charge in [-0.25, -0.2) is 4.39 Å². The summed E-state index contributed by atoms with van der Waals surface area (Å²) in [6.07, 6.45) is -1.47. The van der Waals surface area contributed by atoms with Crippen LogP contribution < -0.4 is 4.74 Å². The van der Waals surface area contributed by atoms with Crippen molar-refractivity contribution in [1.82, 2.24) is 9.78 Å². The Morgan fingerprint density at radius 1 is 1.35 bits per heavy atom. The van der Waals surface area contributed by atoms with Crippen molar-refractivity contribution in [3.8, 4) is 5.75 Å². The highest BCUT2D eigenvalue weighted by Crippen LogP contribution is 2.27. The van der Waals surface area contributed by atoms with Crippen LogP contribution in [0.15, 0.2) is 42.6 Å². The molecule has 9 heteroatoms. The molecule has 26 heavy (non-hydrogen) atoms. The van der Waals surface area contributed by atoms with E-state index in [1.165, 1.54) is 43.1 Å². The second-order valence-electron chi connectivity index (χ2n) is 5.27. The molecule has 0 unspecified atom stereocenters. The molecule has 0 saturated heterocycles. The molecule has 0 amide bonds. The van der Waals surface area contributed by atoms with Gasteiger partial charge in [0.05, 0.1) is 24.9 Å². The maximum atomic E-state index is 13.9. The lowest BCUT2D eigenvalue weighted by Gasteiger charge is -2.12. The minimum Gasteiger partial charge on any atom is -0.487 e. The molecule has 0 fully saturated rings. The fraction of sp³-hybridized carbons (Fsp3) is 0.294. The maximum Gasteiger partial charge on any atom is 0.452 e. The number of aromatic nitrogens is 2. The van der Waals surface area contributed by atoms with E-state index in [0.29, 0.717) is 11.8 Å². The molecule has 140 valence electrons. The van der Waals surface area contributed by atoms with E-state index < -0.39 is 17.8 Å². The third-order valence-electron chi connectivity index (χ3n) is 3.27. The number of nitrogens with zero attached hydrogens (tertiary/aromatic N) is 2. The average molecular weight is 372 g/mol. The average Bonchev–Trinajstić information content (AvgIpc) is 3.02. The summed E-state index contributed by atoms with van der Waals surface area (Å²) in [5.41, 5.74) is 0.506. The Kier molecular flexibility index (Phi) is 6.01. The first-order valence-corrected chi connectivity index (χ1v) is 7.59. The van der Waals surface area contributed by atoms with Gasteiger partial charge < -0.3 is 9.47 Å². The van der Waals surface area contributed by atoms with Gasteiger partial charge in [0.25, 0.3) is 0 Å². The zero-order valence-corrected chi connectivity index (χ0v) is 14.0. The number of alkyl halides is 3. The zero-order valence-electron chi connectivity index (χ0n) is 14.0. The van der Waals surface area contributed by atoms with Crippen LogP contribution in [-0.2, 0) is 11.3 Å². The summed E-state index contributed by atoms with van der Waals surface area (Å²) >= 11 is 0. The summed E-state index contributed by atoms with van der Waals surface area (Å²) in [5, 5.41) is 3.94. The SMILES string of the molecule is CCO/C(=C\Oc1ccc(F)c(Cn2cc(C(C)=O)cn2)c1)C(F)(F)F. The smallest absolute Gasteiger partial charge is 0.452 e. The van der Waals surface area contributed by atoms with Gasteiger partial charge in [-0.15, -0.1) is 0 Å². The lowest BCUT2D eigenvalue weighted by atomic mass is 10.2. The fourth-order valence-electron chi connectivity index (χ4n) is 2.01. The molecular weight excluding hydrogens is 356 g/mol. The molecule has 1 aromatic heterocycles. The van der Waals surface area contributed by atoms with Crippen molar-refractivity contribution in [3.05, 3.63) is 59.6 Å². The quantitative estimate of drug-likeness (QED) is 0.417. The van der Waals surface area contributed by atoms with Gasteiger partial charge >= 0.3 is 6.18 Å². The molecule has 0 bridgehead atoms. The minimum atomic E-state index is -4.70. The molecule has 0 aliphatic carbocycles. The van der Waals surface area contributed by atoms with Crippen LogP contribution in [-0.4, -0.2) is 28.3 Å². The van der Waals surface area contributed by atoms with E-state index >= 15 is 0 Å². The van der Waals surface area contributed by atoms with Crippen molar-refractivity contribution < 1.29 is 31.8 Å². The highest BCUT2D eigenvalue weighted by molar-refractivity contribution is 5.93. The third kappa shape index (κ3) is 5.08. The monoisotopic (exact) mass is 372 g/mol. The molecule has 0 spiro atoms. The largest absolute Gasteiger partial charge is 0.487 e. The van der Waals surface area contributed by atoms with E-state index in [-0.39, 0.29) is 30.2 Å². The first-order chi connectivity index (χ1) is 12.2.